The molecule has 4 nitrogen and oxygen atoms in total. The first-order valence-corrected chi connectivity index (χ1v) is 7.19. The van der Waals surface area contributed by atoms with Crippen molar-refractivity contribution >= 4 is 16.6 Å². The minimum Gasteiger partial charge on any atom is -0.381 e. The third kappa shape index (κ3) is 3.18. The van der Waals surface area contributed by atoms with Crippen molar-refractivity contribution < 1.29 is 4.74 Å². The molecule has 0 radical (unpaired) electrons. The van der Waals surface area contributed by atoms with E-state index in [1.165, 1.54) is 0 Å². The summed E-state index contributed by atoms with van der Waals surface area (Å²) in [4.78, 5) is 15.0. The van der Waals surface area contributed by atoms with Gasteiger partial charge in [0.1, 0.15) is 0 Å². The molecule has 1 heterocycles. The Bertz CT molecular complexity index is 840. The fourth-order valence-corrected chi connectivity index (χ4v) is 2.46. The Morgan fingerprint density at radius 3 is 2.82 bits per heavy atom. The lowest BCUT2D eigenvalue weighted by Crippen LogP contribution is -2.15. The first-order valence-electron chi connectivity index (χ1n) is 7.19. The standard InChI is InChI=1S/C18H18N2O2/c1-22-12-13-5-4-7-16(9-13)19-11-15-10-14-6-2-3-8-17(14)20-18(15)21/h2-10,19H,11-12H2,1H3,(H,20,21). The highest BCUT2D eigenvalue weighted by molar-refractivity contribution is 5.78. The summed E-state index contributed by atoms with van der Waals surface area (Å²) in [5.74, 6) is 0. The topological polar surface area (TPSA) is 54.1 Å². The fourth-order valence-electron chi connectivity index (χ4n) is 2.46. The molecule has 0 fully saturated rings. The number of aromatic nitrogens is 1. The summed E-state index contributed by atoms with van der Waals surface area (Å²) in [7, 11) is 1.68. The number of nitrogens with one attached hydrogen (secondary N) is 2. The van der Waals surface area contributed by atoms with Gasteiger partial charge in [0.25, 0.3) is 5.56 Å². The molecule has 0 aliphatic rings. The van der Waals surface area contributed by atoms with Gasteiger partial charge in [-0.3, -0.25) is 4.79 Å². The lowest BCUT2D eigenvalue weighted by molar-refractivity contribution is 0.185. The third-order valence-corrected chi connectivity index (χ3v) is 3.55. The van der Waals surface area contributed by atoms with Crippen LogP contribution in [0.3, 0.4) is 0 Å². The monoisotopic (exact) mass is 294 g/mol. The lowest BCUT2D eigenvalue weighted by atomic mass is 10.1. The lowest BCUT2D eigenvalue weighted by Gasteiger charge is -2.08. The zero-order valence-corrected chi connectivity index (χ0v) is 12.4. The summed E-state index contributed by atoms with van der Waals surface area (Å²) < 4.78 is 5.13. The summed E-state index contributed by atoms with van der Waals surface area (Å²) in [6.45, 7) is 1.06. The molecule has 3 rings (SSSR count). The van der Waals surface area contributed by atoms with Crippen LogP contribution in [0.4, 0.5) is 5.69 Å². The number of para-hydroxylation sites is 1. The van der Waals surface area contributed by atoms with Crippen molar-refractivity contribution in [2.24, 2.45) is 0 Å². The number of hydrogen-bond donors (Lipinski definition) is 2. The van der Waals surface area contributed by atoms with Gasteiger partial charge in [-0.1, -0.05) is 30.3 Å². The Hall–Kier alpha value is -2.59. The second-order valence-corrected chi connectivity index (χ2v) is 5.20. The number of H-pyrrole nitrogens is 1. The molecular weight excluding hydrogens is 276 g/mol. The van der Waals surface area contributed by atoms with Gasteiger partial charge < -0.3 is 15.0 Å². The summed E-state index contributed by atoms with van der Waals surface area (Å²) in [5.41, 5.74) is 3.59. The number of ether oxygens (including phenoxy) is 1. The van der Waals surface area contributed by atoms with E-state index >= 15 is 0 Å². The number of aromatic amines is 1. The zero-order valence-electron chi connectivity index (χ0n) is 12.4. The Kier molecular flexibility index (Phi) is 4.21. The van der Waals surface area contributed by atoms with Crippen molar-refractivity contribution in [2.75, 3.05) is 12.4 Å². The number of hydrogen-bond acceptors (Lipinski definition) is 3. The highest BCUT2D eigenvalue weighted by atomic mass is 16.5. The molecule has 0 aliphatic heterocycles. The predicted octanol–water partition coefficient (Wildman–Crippen LogP) is 3.29. The van der Waals surface area contributed by atoms with Crippen LogP contribution in [-0.2, 0) is 17.9 Å². The van der Waals surface area contributed by atoms with Crippen molar-refractivity contribution in [1.29, 1.82) is 0 Å². The van der Waals surface area contributed by atoms with Crippen LogP contribution >= 0.6 is 0 Å². The van der Waals surface area contributed by atoms with E-state index in [0.29, 0.717) is 13.2 Å². The highest BCUT2D eigenvalue weighted by Crippen LogP contribution is 2.14. The van der Waals surface area contributed by atoms with Crippen LogP contribution in [0.1, 0.15) is 11.1 Å². The summed E-state index contributed by atoms with van der Waals surface area (Å²) in [5, 5.41) is 4.32. The van der Waals surface area contributed by atoms with Crippen molar-refractivity contribution in [1.82, 2.24) is 4.98 Å². The van der Waals surface area contributed by atoms with Gasteiger partial charge in [0, 0.05) is 30.4 Å². The molecule has 4 heteroatoms. The number of fused-ring (bicyclic) bond motifs is 1. The van der Waals surface area contributed by atoms with Gasteiger partial charge in [0.05, 0.1) is 6.61 Å². The van der Waals surface area contributed by atoms with Crippen LogP contribution in [0.15, 0.2) is 59.4 Å². The van der Waals surface area contributed by atoms with Crippen LogP contribution in [0.5, 0.6) is 0 Å². The van der Waals surface area contributed by atoms with Crippen molar-refractivity contribution in [3.05, 3.63) is 76.1 Å². The van der Waals surface area contributed by atoms with Crippen molar-refractivity contribution in [3.8, 4) is 0 Å². The number of pyridine rings is 1. The molecule has 0 spiro atoms. The van der Waals surface area contributed by atoms with Gasteiger partial charge in [-0.25, -0.2) is 0 Å². The third-order valence-electron chi connectivity index (χ3n) is 3.55. The average molecular weight is 294 g/mol. The molecule has 3 aromatic rings. The zero-order chi connectivity index (χ0) is 15.4. The summed E-state index contributed by atoms with van der Waals surface area (Å²) >= 11 is 0. The Balaban J connectivity index is 1.80. The molecule has 1 aromatic heterocycles. The molecule has 22 heavy (non-hydrogen) atoms. The number of rotatable bonds is 5. The average Bonchev–Trinajstić information content (AvgIpc) is 2.53. The van der Waals surface area contributed by atoms with Crippen LogP contribution in [-0.4, -0.2) is 12.1 Å². The van der Waals surface area contributed by atoms with Gasteiger partial charge in [-0.2, -0.15) is 0 Å². The maximum atomic E-state index is 12.1. The van der Waals surface area contributed by atoms with Crippen molar-refractivity contribution in [3.63, 3.8) is 0 Å². The van der Waals surface area contributed by atoms with E-state index in [-0.39, 0.29) is 5.56 Å². The maximum Gasteiger partial charge on any atom is 0.253 e. The number of anilines is 1. The van der Waals surface area contributed by atoms with Gasteiger partial charge >= 0.3 is 0 Å². The Morgan fingerprint density at radius 1 is 1.09 bits per heavy atom. The second-order valence-electron chi connectivity index (χ2n) is 5.20. The summed E-state index contributed by atoms with van der Waals surface area (Å²) in [6, 6.07) is 17.7. The van der Waals surface area contributed by atoms with E-state index < -0.39 is 0 Å². The highest BCUT2D eigenvalue weighted by Gasteiger charge is 2.03. The first kappa shape index (κ1) is 14.4. The molecule has 0 atom stereocenters. The van der Waals surface area contributed by atoms with Gasteiger partial charge in [0.2, 0.25) is 0 Å². The van der Waals surface area contributed by atoms with E-state index in [9.17, 15) is 4.79 Å². The predicted molar refractivity (Wildman–Crippen MR) is 89.1 cm³/mol. The van der Waals surface area contributed by atoms with E-state index in [2.05, 4.69) is 10.3 Å². The molecule has 0 unspecified atom stereocenters. The van der Waals surface area contributed by atoms with E-state index in [4.69, 9.17) is 4.74 Å². The number of methoxy groups -OCH3 is 1. The van der Waals surface area contributed by atoms with E-state index in [0.717, 1.165) is 27.7 Å². The van der Waals surface area contributed by atoms with Crippen LogP contribution < -0.4 is 10.9 Å². The van der Waals surface area contributed by atoms with E-state index in [1.807, 2.05) is 54.6 Å². The second kappa shape index (κ2) is 6.45. The maximum absolute atomic E-state index is 12.1. The van der Waals surface area contributed by atoms with E-state index in [1.54, 1.807) is 7.11 Å². The smallest absolute Gasteiger partial charge is 0.253 e. The Labute approximate surface area is 128 Å². The van der Waals surface area contributed by atoms with Crippen molar-refractivity contribution in [2.45, 2.75) is 13.2 Å². The molecule has 0 amide bonds. The van der Waals surface area contributed by atoms with Crippen LogP contribution in [0.25, 0.3) is 10.9 Å². The quantitative estimate of drug-likeness (QED) is 0.759. The molecule has 2 N–H and O–H groups in total. The summed E-state index contributed by atoms with van der Waals surface area (Å²) in [6.07, 6.45) is 0. The largest absolute Gasteiger partial charge is 0.381 e. The van der Waals surface area contributed by atoms with Gasteiger partial charge in [0.15, 0.2) is 0 Å². The SMILES string of the molecule is COCc1cccc(NCc2cc3ccccc3[nH]c2=O)c1. The molecule has 2 aromatic carbocycles. The number of benzene rings is 2. The Morgan fingerprint density at radius 2 is 1.95 bits per heavy atom. The minimum atomic E-state index is -0.0563. The van der Waals surface area contributed by atoms with Crippen LogP contribution in [0, 0.1) is 0 Å². The molecule has 0 aliphatic carbocycles. The molecule has 112 valence electrons. The van der Waals surface area contributed by atoms with Gasteiger partial charge in [-0.05, 0) is 35.2 Å². The minimum absolute atomic E-state index is 0.0563. The molecule has 0 bridgehead atoms. The molecule has 0 saturated heterocycles. The normalized spacial score (nSPS) is 10.8. The fraction of sp³-hybridized carbons (Fsp3) is 0.167. The van der Waals surface area contributed by atoms with Crippen LogP contribution in [0.2, 0.25) is 0 Å². The first-order chi connectivity index (χ1) is 10.8. The van der Waals surface area contributed by atoms with Gasteiger partial charge in [-0.15, -0.1) is 0 Å². The molecule has 0 saturated carbocycles. The molecular formula is C18H18N2O2.